The van der Waals surface area contributed by atoms with Crippen molar-refractivity contribution in [3.63, 3.8) is 0 Å². The summed E-state index contributed by atoms with van der Waals surface area (Å²) in [7, 11) is 1.55. The second-order valence-electron chi connectivity index (χ2n) is 6.13. The topological polar surface area (TPSA) is 74.6 Å². The number of amides is 2. The molecule has 0 aliphatic heterocycles. The molecule has 2 rings (SSSR count). The zero-order chi connectivity index (χ0) is 20.9. The normalized spacial score (nSPS) is 12.7. The summed E-state index contributed by atoms with van der Waals surface area (Å²) in [6.45, 7) is 1.64. The molecule has 0 bridgehead atoms. The van der Waals surface area contributed by atoms with Crippen molar-refractivity contribution in [2.24, 2.45) is 0 Å². The molecule has 0 saturated heterocycles. The molecule has 6 nitrogen and oxygen atoms in total. The largest absolute Gasteiger partial charge is 0.467 e. The van der Waals surface area contributed by atoms with Gasteiger partial charge in [0.2, 0.25) is 11.8 Å². The number of hydrogen-bond donors (Lipinski definition) is 2. The number of hydrogen-bond acceptors (Lipinski definition) is 4. The van der Waals surface area contributed by atoms with Gasteiger partial charge in [0.25, 0.3) is 0 Å². The summed E-state index contributed by atoms with van der Waals surface area (Å²) in [6, 6.07) is 5.27. The fourth-order valence-electron chi connectivity index (χ4n) is 2.25. The molecule has 2 N–H and O–H groups in total. The molecule has 2 aromatic rings. The van der Waals surface area contributed by atoms with Gasteiger partial charge in [0.15, 0.2) is 0 Å². The molecule has 1 heterocycles. The van der Waals surface area contributed by atoms with Crippen molar-refractivity contribution < 1.29 is 27.2 Å². The van der Waals surface area contributed by atoms with Gasteiger partial charge in [-0.2, -0.15) is 13.2 Å². The Morgan fingerprint density at radius 1 is 1.29 bits per heavy atom. The Balaban J connectivity index is 1.93. The molecule has 0 fully saturated rings. The molecule has 0 saturated carbocycles. The predicted molar refractivity (Wildman–Crippen MR) is 97.7 cm³/mol. The van der Waals surface area contributed by atoms with Crippen LogP contribution < -0.4 is 10.6 Å². The number of furan rings is 1. The van der Waals surface area contributed by atoms with Gasteiger partial charge >= 0.3 is 6.18 Å². The predicted octanol–water partition coefficient (Wildman–Crippen LogP) is 3.53. The maximum absolute atomic E-state index is 12.8. The van der Waals surface area contributed by atoms with Gasteiger partial charge in [0, 0.05) is 0 Å². The first kappa shape index (κ1) is 21.8. The van der Waals surface area contributed by atoms with Crippen LogP contribution in [0.4, 0.5) is 18.9 Å². The van der Waals surface area contributed by atoms with E-state index in [1.54, 1.807) is 19.2 Å². The van der Waals surface area contributed by atoms with E-state index in [-0.39, 0.29) is 29.7 Å². The van der Waals surface area contributed by atoms with Crippen LogP contribution in [-0.2, 0) is 22.3 Å². The molecule has 0 spiro atoms. The highest BCUT2D eigenvalue weighted by Gasteiger charge is 2.31. The number of anilines is 1. The van der Waals surface area contributed by atoms with E-state index < -0.39 is 23.7 Å². The standard InChI is InChI=1S/C18H19ClF3N3O3/c1-11(25(2)10-16(26)23-9-13-4-3-7-28-13)17(27)24-15-8-12(18(20,21)22)5-6-14(15)19/h3-8,11H,9-10H2,1-2H3,(H,23,26)(H,24,27)/t11-/m1/s1. The van der Waals surface area contributed by atoms with Crippen LogP contribution in [0.3, 0.4) is 0 Å². The third-order valence-corrected chi connectivity index (χ3v) is 4.35. The number of likely N-dealkylation sites (N-methyl/N-ethyl adjacent to an activating group) is 1. The van der Waals surface area contributed by atoms with Gasteiger partial charge in [-0.25, -0.2) is 0 Å². The number of nitrogens with one attached hydrogen (secondary N) is 2. The number of rotatable bonds is 7. The second-order valence-corrected chi connectivity index (χ2v) is 6.54. The molecular formula is C18H19ClF3N3O3. The first-order valence-corrected chi connectivity index (χ1v) is 8.62. The monoisotopic (exact) mass is 417 g/mol. The summed E-state index contributed by atoms with van der Waals surface area (Å²) in [6.07, 6.45) is -3.07. The number of carbonyl (C=O) groups is 2. The van der Waals surface area contributed by atoms with E-state index in [9.17, 15) is 22.8 Å². The van der Waals surface area contributed by atoms with Crippen molar-refractivity contribution in [3.05, 3.63) is 52.9 Å². The minimum absolute atomic E-state index is 0.0209. The van der Waals surface area contributed by atoms with Crippen molar-refractivity contribution in [1.29, 1.82) is 0 Å². The summed E-state index contributed by atoms with van der Waals surface area (Å²) in [5.74, 6) is -0.348. The van der Waals surface area contributed by atoms with Gasteiger partial charge in [-0.15, -0.1) is 0 Å². The Morgan fingerprint density at radius 3 is 2.61 bits per heavy atom. The van der Waals surface area contributed by atoms with Crippen LogP contribution in [0.5, 0.6) is 0 Å². The molecule has 1 aromatic carbocycles. The lowest BCUT2D eigenvalue weighted by atomic mass is 10.2. The van der Waals surface area contributed by atoms with Gasteiger partial charge in [0.05, 0.1) is 41.7 Å². The molecule has 2 amide bonds. The molecule has 1 atom stereocenters. The van der Waals surface area contributed by atoms with E-state index in [2.05, 4.69) is 10.6 Å². The van der Waals surface area contributed by atoms with Crippen LogP contribution in [-0.4, -0.2) is 36.3 Å². The number of carbonyl (C=O) groups excluding carboxylic acids is 2. The molecule has 152 valence electrons. The lowest BCUT2D eigenvalue weighted by molar-refractivity contribution is -0.137. The third kappa shape index (κ3) is 6.00. The zero-order valence-corrected chi connectivity index (χ0v) is 15.9. The Bertz CT molecular complexity index is 825. The van der Waals surface area contributed by atoms with Crippen LogP contribution in [0, 0.1) is 0 Å². The average Bonchev–Trinajstić information content (AvgIpc) is 3.13. The van der Waals surface area contributed by atoms with E-state index in [1.165, 1.54) is 18.1 Å². The number of halogens is 4. The Labute approximate surface area is 164 Å². The van der Waals surface area contributed by atoms with E-state index >= 15 is 0 Å². The maximum atomic E-state index is 12.8. The van der Waals surface area contributed by atoms with Gasteiger partial charge in [-0.3, -0.25) is 14.5 Å². The van der Waals surface area contributed by atoms with Crippen LogP contribution in [0.1, 0.15) is 18.2 Å². The van der Waals surface area contributed by atoms with Crippen molar-refractivity contribution in [2.75, 3.05) is 18.9 Å². The maximum Gasteiger partial charge on any atom is 0.416 e. The summed E-state index contributed by atoms with van der Waals surface area (Å²) in [4.78, 5) is 25.8. The van der Waals surface area contributed by atoms with Crippen LogP contribution in [0.15, 0.2) is 41.0 Å². The molecule has 10 heteroatoms. The quantitative estimate of drug-likeness (QED) is 0.722. The summed E-state index contributed by atoms with van der Waals surface area (Å²) < 4.78 is 43.6. The fraction of sp³-hybridized carbons (Fsp3) is 0.333. The van der Waals surface area contributed by atoms with Crippen LogP contribution >= 0.6 is 11.6 Å². The van der Waals surface area contributed by atoms with E-state index in [0.717, 1.165) is 18.2 Å². The average molecular weight is 418 g/mol. The molecule has 28 heavy (non-hydrogen) atoms. The molecule has 1 aromatic heterocycles. The second kappa shape index (κ2) is 9.11. The van der Waals surface area contributed by atoms with Crippen LogP contribution in [0.25, 0.3) is 0 Å². The van der Waals surface area contributed by atoms with Gasteiger partial charge in [-0.05, 0) is 44.3 Å². The minimum atomic E-state index is -4.56. The summed E-state index contributed by atoms with van der Waals surface area (Å²) in [5, 5.41) is 4.99. The highest BCUT2D eigenvalue weighted by Crippen LogP contribution is 2.33. The molecule has 0 aliphatic carbocycles. The molecule has 0 unspecified atom stereocenters. The summed E-state index contributed by atoms with van der Waals surface area (Å²) in [5.41, 5.74) is -1.07. The Hall–Kier alpha value is -2.52. The Kier molecular flexibility index (Phi) is 7.09. The summed E-state index contributed by atoms with van der Waals surface area (Å²) >= 11 is 5.88. The molecule has 0 aliphatic rings. The lowest BCUT2D eigenvalue weighted by Gasteiger charge is -2.23. The van der Waals surface area contributed by atoms with Crippen molar-refractivity contribution in [1.82, 2.24) is 10.2 Å². The SMILES string of the molecule is C[C@H](C(=O)Nc1cc(C(F)(F)F)ccc1Cl)N(C)CC(=O)NCc1ccco1. The van der Waals surface area contributed by atoms with Gasteiger partial charge in [-0.1, -0.05) is 11.6 Å². The number of benzene rings is 1. The molecular weight excluding hydrogens is 399 g/mol. The fourth-order valence-corrected chi connectivity index (χ4v) is 2.42. The van der Waals surface area contributed by atoms with Crippen molar-refractivity contribution in [2.45, 2.75) is 25.7 Å². The van der Waals surface area contributed by atoms with Gasteiger partial charge < -0.3 is 15.1 Å². The van der Waals surface area contributed by atoms with E-state index in [1.807, 2.05) is 0 Å². The Morgan fingerprint density at radius 2 is 2.00 bits per heavy atom. The zero-order valence-electron chi connectivity index (χ0n) is 15.1. The first-order chi connectivity index (χ1) is 13.1. The first-order valence-electron chi connectivity index (χ1n) is 8.25. The lowest BCUT2D eigenvalue weighted by Crippen LogP contribution is -2.44. The third-order valence-electron chi connectivity index (χ3n) is 4.03. The highest BCUT2D eigenvalue weighted by atomic mass is 35.5. The molecule has 0 radical (unpaired) electrons. The van der Waals surface area contributed by atoms with Crippen LogP contribution in [0.2, 0.25) is 5.02 Å². The smallest absolute Gasteiger partial charge is 0.416 e. The van der Waals surface area contributed by atoms with E-state index in [4.69, 9.17) is 16.0 Å². The van der Waals surface area contributed by atoms with Crippen molar-refractivity contribution in [3.8, 4) is 0 Å². The number of nitrogens with zero attached hydrogens (tertiary/aromatic N) is 1. The van der Waals surface area contributed by atoms with Gasteiger partial charge in [0.1, 0.15) is 5.76 Å². The van der Waals surface area contributed by atoms with E-state index in [0.29, 0.717) is 5.76 Å². The van der Waals surface area contributed by atoms with Crippen molar-refractivity contribution >= 4 is 29.1 Å². The minimum Gasteiger partial charge on any atom is -0.467 e. The number of alkyl halides is 3. The highest BCUT2D eigenvalue weighted by molar-refractivity contribution is 6.33.